The van der Waals surface area contributed by atoms with E-state index in [1.54, 1.807) is 18.2 Å². The molecule has 3 aromatic carbocycles. The number of anilines is 2. The molecule has 6 heteroatoms. The van der Waals surface area contributed by atoms with Gasteiger partial charge in [-0.2, -0.15) is 0 Å². The van der Waals surface area contributed by atoms with Gasteiger partial charge in [-0.25, -0.2) is 9.18 Å². The van der Waals surface area contributed by atoms with Crippen LogP contribution in [0.3, 0.4) is 0 Å². The third-order valence-electron chi connectivity index (χ3n) is 4.75. The SMILES string of the molecule is O=C(O)c1ccc(CCc2ccc3c(c2)OCCO3)cc1Nc1ccc(F)cc1. The van der Waals surface area contributed by atoms with Crippen LogP contribution in [-0.4, -0.2) is 24.3 Å². The number of halogens is 1. The molecule has 0 spiro atoms. The Morgan fingerprint density at radius 3 is 2.28 bits per heavy atom. The molecule has 0 aliphatic carbocycles. The molecule has 0 fully saturated rings. The molecule has 1 aliphatic rings. The van der Waals surface area contributed by atoms with Crippen LogP contribution in [0, 0.1) is 5.82 Å². The average molecular weight is 393 g/mol. The summed E-state index contributed by atoms with van der Waals surface area (Å²) in [6, 6.07) is 16.9. The number of aryl methyl sites for hydroxylation is 2. The number of carbonyl (C=O) groups is 1. The third kappa shape index (κ3) is 4.48. The number of nitrogens with one attached hydrogen (secondary N) is 1. The predicted molar refractivity (Wildman–Crippen MR) is 108 cm³/mol. The predicted octanol–water partition coefficient (Wildman–Crippen LogP) is 4.82. The fraction of sp³-hybridized carbons (Fsp3) is 0.174. The first-order valence-electron chi connectivity index (χ1n) is 9.36. The summed E-state index contributed by atoms with van der Waals surface area (Å²) in [6.07, 6.45) is 1.51. The lowest BCUT2D eigenvalue weighted by atomic mass is 10.0. The quantitative estimate of drug-likeness (QED) is 0.628. The van der Waals surface area contributed by atoms with Gasteiger partial charge in [0.2, 0.25) is 0 Å². The van der Waals surface area contributed by atoms with Crippen molar-refractivity contribution in [1.82, 2.24) is 0 Å². The van der Waals surface area contributed by atoms with E-state index in [9.17, 15) is 14.3 Å². The lowest BCUT2D eigenvalue weighted by Gasteiger charge is -2.19. The maximum atomic E-state index is 13.1. The van der Waals surface area contributed by atoms with E-state index in [-0.39, 0.29) is 11.4 Å². The minimum absolute atomic E-state index is 0.164. The van der Waals surface area contributed by atoms with Gasteiger partial charge in [0.05, 0.1) is 11.3 Å². The Balaban J connectivity index is 1.51. The normalized spacial score (nSPS) is 12.4. The number of ether oxygens (including phenoxy) is 2. The van der Waals surface area contributed by atoms with Gasteiger partial charge < -0.3 is 19.9 Å². The van der Waals surface area contributed by atoms with Gasteiger partial charge in [-0.1, -0.05) is 12.1 Å². The zero-order valence-corrected chi connectivity index (χ0v) is 15.7. The number of carboxylic acid groups (broad SMARTS) is 1. The number of carboxylic acids is 1. The van der Waals surface area contributed by atoms with Crippen LogP contribution in [0.15, 0.2) is 60.7 Å². The average Bonchev–Trinajstić information content (AvgIpc) is 2.73. The van der Waals surface area contributed by atoms with E-state index in [1.807, 2.05) is 30.3 Å². The number of fused-ring (bicyclic) bond motifs is 1. The Kier molecular flexibility index (Phi) is 5.33. The highest BCUT2D eigenvalue weighted by atomic mass is 19.1. The van der Waals surface area contributed by atoms with Crippen molar-refractivity contribution in [2.75, 3.05) is 18.5 Å². The molecule has 0 saturated heterocycles. The molecule has 29 heavy (non-hydrogen) atoms. The van der Waals surface area contributed by atoms with Gasteiger partial charge in [0.15, 0.2) is 11.5 Å². The fourth-order valence-electron chi connectivity index (χ4n) is 3.26. The molecule has 1 aliphatic heterocycles. The second kappa shape index (κ2) is 8.22. The number of hydrogen-bond donors (Lipinski definition) is 2. The fourth-order valence-corrected chi connectivity index (χ4v) is 3.26. The van der Waals surface area contributed by atoms with Crippen LogP contribution in [0.4, 0.5) is 15.8 Å². The Morgan fingerprint density at radius 2 is 1.55 bits per heavy atom. The van der Waals surface area contributed by atoms with Gasteiger partial charge in [0.1, 0.15) is 19.0 Å². The van der Waals surface area contributed by atoms with Crippen LogP contribution < -0.4 is 14.8 Å². The number of rotatable bonds is 6. The molecule has 148 valence electrons. The molecule has 0 amide bonds. The van der Waals surface area contributed by atoms with Crippen LogP contribution in [0.2, 0.25) is 0 Å². The van der Waals surface area contributed by atoms with Gasteiger partial charge in [-0.05, 0) is 72.5 Å². The summed E-state index contributed by atoms with van der Waals surface area (Å²) in [5.74, 6) is 0.153. The Morgan fingerprint density at radius 1 is 0.897 bits per heavy atom. The van der Waals surface area contributed by atoms with Gasteiger partial charge in [-0.3, -0.25) is 0 Å². The van der Waals surface area contributed by atoms with Crippen molar-refractivity contribution in [1.29, 1.82) is 0 Å². The second-order valence-corrected chi connectivity index (χ2v) is 6.79. The summed E-state index contributed by atoms with van der Waals surface area (Å²) in [5.41, 5.74) is 3.37. The maximum absolute atomic E-state index is 13.1. The van der Waals surface area contributed by atoms with E-state index in [4.69, 9.17) is 9.47 Å². The summed E-state index contributed by atoms with van der Waals surface area (Å²) in [6.45, 7) is 1.11. The molecule has 0 bridgehead atoms. The Hall–Kier alpha value is -3.54. The van der Waals surface area contributed by atoms with Crippen LogP contribution in [0.25, 0.3) is 0 Å². The maximum Gasteiger partial charge on any atom is 0.337 e. The summed E-state index contributed by atoms with van der Waals surface area (Å²) >= 11 is 0. The summed E-state index contributed by atoms with van der Waals surface area (Å²) < 4.78 is 24.3. The summed E-state index contributed by atoms with van der Waals surface area (Å²) in [4.78, 5) is 11.6. The molecule has 1 heterocycles. The van der Waals surface area contributed by atoms with E-state index >= 15 is 0 Å². The molecule has 0 atom stereocenters. The van der Waals surface area contributed by atoms with Gasteiger partial charge >= 0.3 is 5.97 Å². The highest BCUT2D eigenvalue weighted by molar-refractivity contribution is 5.95. The molecular weight excluding hydrogens is 373 g/mol. The summed E-state index contributed by atoms with van der Waals surface area (Å²) in [5, 5.41) is 12.5. The lowest BCUT2D eigenvalue weighted by molar-refractivity contribution is 0.0698. The minimum Gasteiger partial charge on any atom is -0.486 e. The van der Waals surface area contributed by atoms with Gasteiger partial charge in [0.25, 0.3) is 0 Å². The van der Waals surface area contributed by atoms with Crippen LogP contribution in [0.5, 0.6) is 11.5 Å². The molecule has 4 rings (SSSR count). The molecule has 2 N–H and O–H groups in total. The highest BCUT2D eigenvalue weighted by Crippen LogP contribution is 2.31. The zero-order valence-electron chi connectivity index (χ0n) is 15.7. The van der Waals surface area contributed by atoms with Crippen LogP contribution in [-0.2, 0) is 12.8 Å². The Labute approximate surface area is 167 Å². The summed E-state index contributed by atoms with van der Waals surface area (Å²) in [7, 11) is 0. The topological polar surface area (TPSA) is 67.8 Å². The van der Waals surface area contributed by atoms with Gasteiger partial charge in [-0.15, -0.1) is 0 Å². The number of aromatic carboxylic acids is 1. The smallest absolute Gasteiger partial charge is 0.337 e. The number of benzene rings is 3. The largest absolute Gasteiger partial charge is 0.486 e. The highest BCUT2D eigenvalue weighted by Gasteiger charge is 2.13. The molecule has 0 saturated carbocycles. The first kappa shape index (κ1) is 18.8. The van der Waals surface area contributed by atoms with Crippen molar-refractivity contribution >= 4 is 17.3 Å². The molecular formula is C23H20FNO4. The molecule has 3 aromatic rings. The third-order valence-corrected chi connectivity index (χ3v) is 4.75. The van der Waals surface area contributed by atoms with Crippen molar-refractivity contribution in [3.8, 4) is 11.5 Å². The molecule has 0 aromatic heterocycles. The van der Waals surface area contributed by atoms with E-state index < -0.39 is 5.97 Å². The lowest BCUT2D eigenvalue weighted by Crippen LogP contribution is -2.15. The van der Waals surface area contributed by atoms with E-state index in [2.05, 4.69) is 5.32 Å². The second-order valence-electron chi connectivity index (χ2n) is 6.79. The van der Waals surface area contributed by atoms with E-state index in [0.717, 1.165) is 35.5 Å². The van der Waals surface area contributed by atoms with Crippen LogP contribution in [0.1, 0.15) is 21.5 Å². The van der Waals surface area contributed by atoms with E-state index in [0.29, 0.717) is 24.6 Å². The minimum atomic E-state index is -1.02. The van der Waals surface area contributed by atoms with Crippen LogP contribution >= 0.6 is 0 Å². The zero-order chi connectivity index (χ0) is 20.2. The standard InChI is InChI=1S/C23H20FNO4/c24-17-5-7-18(8-6-17)25-20-13-15(3-9-19(20)23(26)27)1-2-16-4-10-21-22(14-16)29-12-11-28-21/h3-10,13-14,25H,1-2,11-12H2,(H,26,27). The molecule has 5 nitrogen and oxygen atoms in total. The van der Waals surface area contributed by atoms with Crippen molar-refractivity contribution in [2.24, 2.45) is 0 Å². The van der Waals surface area contributed by atoms with Crippen molar-refractivity contribution in [3.05, 3.63) is 83.2 Å². The first-order valence-corrected chi connectivity index (χ1v) is 9.36. The van der Waals surface area contributed by atoms with Crippen molar-refractivity contribution in [3.63, 3.8) is 0 Å². The van der Waals surface area contributed by atoms with Gasteiger partial charge in [0, 0.05) is 5.69 Å². The number of hydrogen-bond acceptors (Lipinski definition) is 4. The molecule has 0 unspecified atom stereocenters. The first-order chi connectivity index (χ1) is 14.1. The van der Waals surface area contributed by atoms with Crippen molar-refractivity contribution < 1.29 is 23.8 Å². The molecule has 0 radical (unpaired) electrons. The monoisotopic (exact) mass is 393 g/mol. The van der Waals surface area contributed by atoms with Crippen molar-refractivity contribution in [2.45, 2.75) is 12.8 Å². The Bertz CT molecular complexity index is 1030. The van der Waals surface area contributed by atoms with E-state index in [1.165, 1.54) is 12.1 Å².